The summed E-state index contributed by atoms with van der Waals surface area (Å²) < 4.78 is 13.5. The summed E-state index contributed by atoms with van der Waals surface area (Å²) in [7, 11) is 0. The van der Waals surface area contributed by atoms with Crippen LogP contribution in [0, 0.1) is 12.7 Å². The standard InChI is InChI=1S/C19H21FN2O2/c1-14-7-9-17(10-8-14)22(15(2)23)12-11-19(24)21-13-16-5-3-4-6-18(16)20/h3-10H,11-13H2,1-2H3,(H,21,24). The van der Waals surface area contributed by atoms with Crippen molar-refractivity contribution in [2.45, 2.75) is 26.8 Å². The second kappa shape index (κ2) is 8.24. The van der Waals surface area contributed by atoms with Crippen LogP contribution in [0.25, 0.3) is 0 Å². The molecule has 0 saturated heterocycles. The first-order chi connectivity index (χ1) is 11.5. The van der Waals surface area contributed by atoms with Crippen LogP contribution in [0.3, 0.4) is 0 Å². The van der Waals surface area contributed by atoms with Crippen LogP contribution in [-0.4, -0.2) is 18.4 Å². The molecule has 0 saturated carbocycles. The van der Waals surface area contributed by atoms with E-state index in [1.807, 2.05) is 31.2 Å². The van der Waals surface area contributed by atoms with Crippen molar-refractivity contribution in [2.75, 3.05) is 11.4 Å². The summed E-state index contributed by atoms with van der Waals surface area (Å²) in [6.07, 6.45) is 0.155. The van der Waals surface area contributed by atoms with Gasteiger partial charge in [0.25, 0.3) is 0 Å². The fourth-order valence-corrected chi connectivity index (χ4v) is 2.33. The Morgan fingerprint density at radius 2 is 1.75 bits per heavy atom. The van der Waals surface area contributed by atoms with Crippen molar-refractivity contribution in [3.05, 3.63) is 65.5 Å². The summed E-state index contributed by atoms with van der Waals surface area (Å²) in [6, 6.07) is 13.9. The zero-order chi connectivity index (χ0) is 17.5. The molecule has 0 aliphatic heterocycles. The predicted molar refractivity (Wildman–Crippen MR) is 92.1 cm³/mol. The minimum absolute atomic E-state index is 0.124. The maximum Gasteiger partial charge on any atom is 0.223 e. The van der Waals surface area contributed by atoms with Gasteiger partial charge < -0.3 is 10.2 Å². The molecule has 0 fully saturated rings. The normalized spacial score (nSPS) is 10.3. The quantitative estimate of drug-likeness (QED) is 0.885. The summed E-state index contributed by atoms with van der Waals surface area (Å²) in [6.45, 7) is 3.85. The average molecular weight is 328 g/mol. The van der Waals surface area contributed by atoms with Crippen molar-refractivity contribution in [1.29, 1.82) is 0 Å². The van der Waals surface area contributed by atoms with Crippen LogP contribution in [0.5, 0.6) is 0 Å². The zero-order valence-corrected chi connectivity index (χ0v) is 13.9. The molecule has 0 radical (unpaired) electrons. The Bertz CT molecular complexity index is 714. The average Bonchev–Trinajstić information content (AvgIpc) is 2.55. The van der Waals surface area contributed by atoms with Gasteiger partial charge in [0.05, 0.1) is 0 Å². The number of carbonyl (C=O) groups is 2. The minimum Gasteiger partial charge on any atom is -0.352 e. The van der Waals surface area contributed by atoms with Crippen LogP contribution in [-0.2, 0) is 16.1 Å². The van der Waals surface area contributed by atoms with Crippen LogP contribution in [0.1, 0.15) is 24.5 Å². The first-order valence-electron chi connectivity index (χ1n) is 7.82. The number of amides is 2. The van der Waals surface area contributed by atoms with Crippen LogP contribution in [0.4, 0.5) is 10.1 Å². The van der Waals surface area contributed by atoms with Crippen molar-refractivity contribution in [2.24, 2.45) is 0 Å². The van der Waals surface area contributed by atoms with E-state index in [4.69, 9.17) is 0 Å². The summed E-state index contributed by atoms with van der Waals surface area (Å²) in [5.74, 6) is -0.694. The maximum absolute atomic E-state index is 13.5. The number of aryl methyl sites for hydroxylation is 1. The smallest absolute Gasteiger partial charge is 0.223 e. The summed E-state index contributed by atoms with van der Waals surface area (Å²) in [5, 5.41) is 2.68. The topological polar surface area (TPSA) is 49.4 Å². The number of nitrogens with one attached hydrogen (secondary N) is 1. The minimum atomic E-state index is -0.345. The van der Waals surface area contributed by atoms with E-state index in [1.165, 1.54) is 13.0 Å². The Kier molecular flexibility index (Phi) is 6.07. The summed E-state index contributed by atoms with van der Waals surface area (Å²) in [5.41, 5.74) is 2.30. The summed E-state index contributed by atoms with van der Waals surface area (Å²) >= 11 is 0. The second-order valence-corrected chi connectivity index (χ2v) is 5.62. The van der Waals surface area contributed by atoms with E-state index in [-0.39, 0.29) is 37.1 Å². The molecule has 2 amide bonds. The van der Waals surface area contributed by atoms with Gasteiger partial charge in [-0.2, -0.15) is 0 Å². The van der Waals surface area contributed by atoms with E-state index in [1.54, 1.807) is 23.1 Å². The van der Waals surface area contributed by atoms with Gasteiger partial charge in [-0.1, -0.05) is 35.9 Å². The molecule has 2 aromatic rings. The van der Waals surface area contributed by atoms with E-state index >= 15 is 0 Å². The number of hydrogen-bond donors (Lipinski definition) is 1. The third-order valence-corrected chi connectivity index (χ3v) is 3.72. The molecular weight excluding hydrogens is 307 g/mol. The first-order valence-corrected chi connectivity index (χ1v) is 7.82. The van der Waals surface area contributed by atoms with E-state index in [2.05, 4.69) is 5.32 Å². The monoisotopic (exact) mass is 328 g/mol. The van der Waals surface area contributed by atoms with Crippen molar-refractivity contribution >= 4 is 17.5 Å². The molecule has 0 aliphatic carbocycles. The van der Waals surface area contributed by atoms with E-state index in [0.717, 1.165) is 11.3 Å². The lowest BCUT2D eigenvalue weighted by atomic mass is 10.2. The van der Waals surface area contributed by atoms with Gasteiger partial charge in [-0.15, -0.1) is 0 Å². The molecule has 0 aromatic heterocycles. The van der Waals surface area contributed by atoms with Crippen LogP contribution in [0.2, 0.25) is 0 Å². The zero-order valence-electron chi connectivity index (χ0n) is 13.9. The van der Waals surface area contributed by atoms with Gasteiger partial charge in [0.2, 0.25) is 11.8 Å². The maximum atomic E-state index is 13.5. The molecular formula is C19H21FN2O2. The third-order valence-electron chi connectivity index (χ3n) is 3.72. The molecule has 4 nitrogen and oxygen atoms in total. The fourth-order valence-electron chi connectivity index (χ4n) is 2.33. The van der Waals surface area contributed by atoms with Gasteiger partial charge in [-0.05, 0) is 25.1 Å². The highest BCUT2D eigenvalue weighted by Gasteiger charge is 2.13. The molecule has 0 spiro atoms. The van der Waals surface area contributed by atoms with Crippen molar-refractivity contribution in [3.8, 4) is 0 Å². The Balaban J connectivity index is 1.90. The molecule has 0 heterocycles. The number of anilines is 1. The second-order valence-electron chi connectivity index (χ2n) is 5.62. The highest BCUT2D eigenvalue weighted by Crippen LogP contribution is 2.15. The van der Waals surface area contributed by atoms with Crippen molar-refractivity contribution < 1.29 is 14.0 Å². The fraction of sp³-hybridized carbons (Fsp3) is 0.263. The summed E-state index contributed by atoms with van der Waals surface area (Å²) in [4.78, 5) is 25.3. The van der Waals surface area contributed by atoms with E-state index < -0.39 is 0 Å². The van der Waals surface area contributed by atoms with Gasteiger partial charge in [0.1, 0.15) is 5.82 Å². The Morgan fingerprint density at radius 3 is 2.38 bits per heavy atom. The van der Waals surface area contributed by atoms with E-state index in [0.29, 0.717) is 5.56 Å². The first kappa shape index (κ1) is 17.7. The molecule has 0 unspecified atom stereocenters. The van der Waals surface area contributed by atoms with Crippen molar-refractivity contribution in [3.63, 3.8) is 0 Å². The Hall–Kier alpha value is -2.69. The van der Waals surface area contributed by atoms with E-state index in [9.17, 15) is 14.0 Å². The molecule has 1 N–H and O–H groups in total. The van der Waals surface area contributed by atoms with Gasteiger partial charge in [-0.3, -0.25) is 9.59 Å². The van der Waals surface area contributed by atoms with Gasteiger partial charge in [0, 0.05) is 37.7 Å². The van der Waals surface area contributed by atoms with Crippen LogP contribution >= 0.6 is 0 Å². The molecule has 5 heteroatoms. The molecule has 0 atom stereocenters. The number of halogens is 1. The van der Waals surface area contributed by atoms with Crippen LogP contribution in [0.15, 0.2) is 48.5 Å². The van der Waals surface area contributed by atoms with Gasteiger partial charge in [-0.25, -0.2) is 4.39 Å². The SMILES string of the molecule is CC(=O)N(CCC(=O)NCc1ccccc1F)c1ccc(C)cc1. The highest BCUT2D eigenvalue weighted by molar-refractivity contribution is 5.92. The molecule has 2 aromatic carbocycles. The largest absolute Gasteiger partial charge is 0.352 e. The number of hydrogen-bond acceptors (Lipinski definition) is 2. The Labute approximate surface area is 141 Å². The molecule has 126 valence electrons. The van der Waals surface area contributed by atoms with Crippen molar-refractivity contribution in [1.82, 2.24) is 5.32 Å². The van der Waals surface area contributed by atoms with Crippen LogP contribution < -0.4 is 10.2 Å². The lowest BCUT2D eigenvalue weighted by Crippen LogP contribution is -2.33. The molecule has 0 bridgehead atoms. The molecule has 2 rings (SSSR count). The molecule has 0 aliphatic rings. The number of rotatable bonds is 6. The third kappa shape index (κ3) is 4.91. The highest BCUT2D eigenvalue weighted by atomic mass is 19.1. The number of benzene rings is 2. The van der Waals surface area contributed by atoms with Gasteiger partial charge in [0.15, 0.2) is 0 Å². The lowest BCUT2D eigenvalue weighted by Gasteiger charge is -2.21. The van der Waals surface area contributed by atoms with Gasteiger partial charge >= 0.3 is 0 Å². The number of carbonyl (C=O) groups excluding carboxylic acids is 2. The lowest BCUT2D eigenvalue weighted by molar-refractivity contribution is -0.121. The predicted octanol–water partition coefficient (Wildman–Crippen LogP) is 3.19. The number of nitrogens with zero attached hydrogens (tertiary/aromatic N) is 1. The molecule has 24 heavy (non-hydrogen) atoms. The Morgan fingerprint density at radius 1 is 1.08 bits per heavy atom.